The summed E-state index contributed by atoms with van der Waals surface area (Å²) < 4.78 is 75.6. The average molecular weight is 964 g/mol. The van der Waals surface area contributed by atoms with Crippen LogP contribution < -0.4 is 14.0 Å². The molecule has 0 amide bonds. The molecule has 7 atom stereocenters. The number of fused-ring (bicyclic) bond motifs is 2. The summed E-state index contributed by atoms with van der Waals surface area (Å²) in [7, 11) is -16.6. The third-order valence-electron chi connectivity index (χ3n) is 10.5. The number of carbonyl (C=O) groups excluding carboxylic acids is 3. The van der Waals surface area contributed by atoms with Gasteiger partial charge in [-0.15, -0.1) is 0 Å². The minimum absolute atomic E-state index is 0.00265. The number of Topliss-reactive ketones (excluding diaryl/α,β-unsaturated/α-hetero) is 2. The molecular weight excluding hydrogens is 903 g/mol. The number of nitro groups is 1. The van der Waals surface area contributed by atoms with E-state index in [1.807, 2.05) is 33.8 Å². The normalized spacial score (nSPS) is 21.9. The molecule has 2 aliphatic rings. The Hall–Kier alpha value is -3.80. The van der Waals surface area contributed by atoms with E-state index in [0.717, 1.165) is 11.1 Å². The zero-order valence-electron chi connectivity index (χ0n) is 38.1. The first kappa shape index (κ1) is 54.5. The molecule has 0 saturated carbocycles. The van der Waals surface area contributed by atoms with E-state index >= 15 is 4.79 Å². The second-order valence-corrected chi connectivity index (χ2v) is 21.8. The Morgan fingerprint density at radius 2 is 1.58 bits per heavy atom. The first-order valence-corrected chi connectivity index (χ1v) is 24.7. The molecule has 2 aliphatic heterocycles. The number of phosphoric ester groups is 1. The SMILES string of the molecule is COC(=O)/C(C)=C\CC(C)(OC(C)(C)CC1Oc2c(CC=C(C)C)c3c(c(OP(=O)(O)OP(=O)(O)OP(=O)(O)O)c2C(=O)C1C(C)C[N+](=O)[O-])C=CC(C)(CCC=C(C)C)O3)C(C)=O. The Morgan fingerprint density at radius 1 is 0.969 bits per heavy atom. The number of ketones is 2. The predicted octanol–water partition coefficient (Wildman–Crippen LogP) is 8.33. The van der Waals surface area contributed by atoms with Crippen molar-refractivity contribution < 1.29 is 84.7 Å². The van der Waals surface area contributed by atoms with Crippen LogP contribution in [0.1, 0.15) is 123 Å². The van der Waals surface area contributed by atoms with Gasteiger partial charge in [0.1, 0.15) is 34.4 Å². The maximum atomic E-state index is 15.2. The number of phosphoric acid groups is 3. The summed E-state index contributed by atoms with van der Waals surface area (Å²) in [5, 5.41) is 12.0. The zero-order valence-corrected chi connectivity index (χ0v) is 40.7. The molecule has 1 aromatic rings. The number of ether oxygens (including phenoxy) is 4. The summed E-state index contributed by atoms with van der Waals surface area (Å²) in [5.74, 6) is -5.47. The lowest BCUT2D eigenvalue weighted by molar-refractivity contribution is -0.489. The number of rotatable bonds is 22. The summed E-state index contributed by atoms with van der Waals surface area (Å²) in [6.07, 6.45) is 7.79. The van der Waals surface area contributed by atoms with Crippen LogP contribution in [-0.2, 0) is 47.8 Å². The summed E-state index contributed by atoms with van der Waals surface area (Å²) in [4.78, 5) is 91.2. The molecule has 3 rings (SSSR count). The lowest BCUT2D eigenvalue weighted by Gasteiger charge is -2.43. The molecule has 358 valence electrons. The third-order valence-corrected chi connectivity index (χ3v) is 14.2. The molecule has 0 aromatic heterocycles. The molecule has 0 spiro atoms. The van der Waals surface area contributed by atoms with Gasteiger partial charge in [-0.2, -0.15) is 8.62 Å². The minimum Gasteiger partial charge on any atom is -0.488 e. The Morgan fingerprint density at radius 3 is 2.11 bits per heavy atom. The Balaban J connectivity index is 2.41. The number of benzene rings is 1. The molecular formula is C41H60NO19P3. The van der Waals surface area contributed by atoms with Gasteiger partial charge in [0.2, 0.25) is 6.54 Å². The Labute approximate surface area is 372 Å². The van der Waals surface area contributed by atoms with Crippen LogP contribution in [-0.4, -0.2) is 78.6 Å². The molecule has 7 unspecified atom stereocenters. The van der Waals surface area contributed by atoms with Crippen molar-refractivity contribution in [3.8, 4) is 17.2 Å². The van der Waals surface area contributed by atoms with Gasteiger partial charge in [0.05, 0.1) is 24.2 Å². The molecule has 0 fully saturated rings. The van der Waals surface area contributed by atoms with Gasteiger partial charge in [-0.25, -0.2) is 18.5 Å². The fourth-order valence-electron chi connectivity index (χ4n) is 7.37. The fourth-order valence-corrected chi connectivity index (χ4v) is 10.4. The molecule has 1 aromatic carbocycles. The van der Waals surface area contributed by atoms with Gasteiger partial charge in [-0.1, -0.05) is 36.3 Å². The highest BCUT2D eigenvalue weighted by atomic mass is 31.3. The van der Waals surface area contributed by atoms with E-state index in [1.165, 1.54) is 47.0 Å². The number of esters is 1. The highest BCUT2D eigenvalue weighted by Gasteiger charge is 2.51. The quantitative estimate of drug-likeness (QED) is 0.0212. The van der Waals surface area contributed by atoms with E-state index in [-0.39, 0.29) is 47.5 Å². The predicted molar refractivity (Wildman–Crippen MR) is 233 cm³/mol. The van der Waals surface area contributed by atoms with Crippen molar-refractivity contribution in [2.24, 2.45) is 11.8 Å². The van der Waals surface area contributed by atoms with Gasteiger partial charge >= 0.3 is 29.4 Å². The van der Waals surface area contributed by atoms with E-state index in [2.05, 4.69) is 8.62 Å². The largest absolute Gasteiger partial charge is 0.536 e. The average Bonchev–Trinajstić information content (AvgIpc) is 3.10. The van der Waals surface area contributed by atoms with Gasteiger partial charge in [-0.05, 0) is 101 Å². The van der Waals surface area contributed by atoms with Gasteiger partial charge in [0.15, 0.2) is 17.3 Å². The standard InChI is InChI=1S/C41H60NO19P3/c1-24(2)14-13-19-40(10)20-18-30-35(57-40)29(16-15-25(3)4)36-33(37(30)58-63(51,52)61-64(53,54)60-62(48,49)50)34(44)32(27(6)23-42(46)47)31(56-36)22-39(8,9)59-41(11,28(7)43)21-17-26(5)38(45)55-12/h14-15,17-18,20,27,31-32H,13,16,19,21-23H2,1-12H3,(H,51,52)(H,53,54)(H2,48,49,50)/b26-17-. The molecule has 0 radical (unpaired) electrons. The van der Waals surface area contributed by atoms with Gasteiger partial charge in [0.25, 0.3) is 0 Å². The number of nitrogens with zero attached hydrogens (tertiary/aromatic N) is 1. The van der Waals surface area contributed by atoms with Crippen molar-refractivity contribution in [3.05, 3.63) is 67.8 Å². The van der Waals surface area contributed by atoms with E-state index in [9.17, 15) is 43.2 Å². The molecule has 0 saturated heterocycles. The topological polar surface area (TPSA) is 291 Å². The summed E-state index contributed by atoms with van der Waals surface area (Å²) in [6, 6.07) is 0. The van der Waals surface area contributed by atoms with E-state index < -0.39 is 98.5 Å². The molecule has 2 heterocycles. The van der Waals surface area contributed by atoms with Crippen LogP contribution in [0.4, 0.5) is 0 Å². The molecule has 64 heavy (non-hydrogen) atoms. The number of carbonyl (C=O) groups is 3. The highest BCUT2D eigenvalue weighted by molar-refractivity contribution is 7.66. The maximum Gasteiger partial charge on any atom is 0.536 e. The van der Waals surface area contributed by atoms with Crippen LogP contribution in [0.3, 0.4) is 0 Å². The second kappa shape index (κ2) is 20.8. The van der Waals surface area contributed by atoms with E-state index in [1.54, 1.807) is 32.9 Å². The van der Waals surface area contributed by atoms with E-state index in [4.69, 9.17) is 33.3 Å². The fraction of sp³-hybridized carbons (Fsp3) is 0.585. The number of hydrogen-bond acceptors (Lipinski definition) is 15. The lowest BCUT2D eigenvalue weighted by atomic mass is 9.75. The maximum absolute atomic E-state index is 15.2. The van der Waals surface area contributed by atoms with Crippen LogP contribution in [0.2, 0.25) is 0 Å². The van der Waals surface area contributed by atoms with Crippen molar-refractivity contribution in [3.63, 3.8) is 0 Å². The molecule has 4 N–H and O–H groups in total. The summed E-state index contributed by atoms with van der Waals surface area (Å²) in [5.41, 5.74) is -2.27. The van der Waals surface area contributed by atoms with Crippen LogP contribution in [0.15, 0.2) is 41.0 Å². The third kappa shape index (κ3) is 14.9. The lowest BCUT2D eigenvalue weighted by Crippen LogP contribution is -2.50. The zero-order chi connectivity index (χ0) is 49.0. The minimum atomic E-state index is -6.06. The van der Waals surface area contributed by atoms with Crippen molar-refractivity contribution in [1.29, 1.82) is 0 Å². The first-order chi connectivity index (χ1) is 29.1. The van der Waals surface area contributed by atoms with Gasteiger partial charge < -0.3 is 38.2 Å². The molecule has 0 bridgehead atoms. The van der Waals surface area contributed by atoms with Gasteiger partial charge in [0, 0.05) is 34.8 Å². The first-order valence-electron chi connectivity index (χ1n) is 20.1. The van der Waals surface area contributed by atoms with E-state index in [0.29, 0.717) is 12.8 Å². The summed E-state index contributed by atoms with van der Waals surface area (Å²) >= 11 is 0. The van der Waals surface area contributed by atoms with Crippen LogP contribution >= 0.6 is 23.5 Å². The molecule has 0 aliphatic carbocycles. The number of hydrogen-bond donors (Lipinski definition) is 4. The van der Waals surface area contributed by atoms with Crippen molar-refractivity contribution in [2.45, 2.75) is 131 Å². The van der Waals surface area contributed by atoms with Crippen molar-refractivity contribution in [2.75, 3.05) is 13.7 Å². The Kier molecular flexibility index (Phi) is 17.7. The molecule has 23 heteroatoms. The van der Waals surface area contributed by atoms with Crippen LogP contribution in [0.5, 0.6) is 17.2 Å². The number of allylic oxidation sites excluding steroid dienone is 4. The Bertz CT molecular complexity index is 2270. The van der Waals surface area contributed by atoms with Crippen molar-refractivity contribution in [1.82, 2.24) is 0 Å². The highest BCUT2D eigenvalue weighted by Crippen LogP contribution is 2.67. The van der Waals surface area contributed by atoms with Crippen molar-refractivity contribution >= 4 is 47.1 Å². The number of methoxy groups -OCH3 is 1. The molecule has 20 nitrogen and oxygen atoms in total. The summed E-state index contributed by atoms with van der Waals surface area (Å²) in [6.45, 7) is 17.5. The second-order valence-electron chi connectivity index (χ2n) is 17.5. The van der Waals surface area contributed by atoms with Crippen LogP contribution in [0, 0.1) is 22.0 Å². The smallest absolute Gasteiger partial charge is 0.488 e. The van der Waals surface area contributed by atoms with Gasteiger partial charge in [-0.3, -0.25) is 24.6 Å². The van der Waals surface area contributed by atoms with Crippen LogP contribution in [0.25, 0.3) is 6.08 Å². The monoisotopic (exact) mass is 963 g/mol.